The van der Waals surface area contributed by atoms with Crippen LogP contribution in [0, 0.1) is 20.8 Å². The lowest BCUT2D eigenvalue weighted by Crippen LogP contribution is -2.49. The van der Waals surface area contributed by atoms with Crippen LogP contribution in [0.3, 0.4) is 0 Å². The van der Waals surface area contributed by atoms with Gasteiger partial charge in [0.05, 0.1) is 0 Å². The van der Waals surface area contributed by atoms with Crippen molar-refractivity contribution in [1.82, 2.24) is 16.2 Å². The molecule has 0 unspecified atom stereocenters. The number of rotatable bonds is 4. The second kappa shape index (κ2) is 8.96. The van der Waals surface area contributed by atoms with Crippen LogP contribution in [0.4, 0.5) is 0 Å². The Labute approximate surface area is 157 Å². The summed E-state index contributed by atoms with van der Waals surface area (Å²) in [5.74, 6) is -0.0963. The smallest absolute Gasteiger partial charge is 0.276 e. The van der Waals surface area contributed by atoms with Gasteiger partial charge in [-0.15, -0.1) is 0 Å². The van der Waals surface area contributed by atoms with E-state index < -0.39 is 5.91 Å². The molecular weight excluding hydrogens is 350 g/mol. The van der Waals surface area contributed by atoms with Crippen molar-refractivity contribution in [3.05, 3.63) is 64.7 Å². The van der Waals surface area contributed by atoms with E-state index in [-0.39, 0.29) is 17.6 Å². The van der Waals surface area contributed by atoms with Crippen molar-refractivity contribution >= 4 is 29.1 Å². The van der Waals surface area contributed by atoms with Crippen LogP contribution in [0.5, 0.6) is 5.75 Å². The predicted octanol–water partition coefficient (Wildman–Crippen LogP) is 2.33. The quantitative estimate of drug-likeness (QED) is 0.568. The number of hydrogen-bond acceptors (Lipinski definition) is 4. The lowest BCUT2D eigenvalue weighted by Gasteiger charge is -2.13. The molecule has 2 rings (SSSR count). The molecule has 0 aliphatic heterocycles. The van der Waals surface area contributed by atoms with Gasteiger partial charge in [-0.05, 0) is 56.2 Å². The van der Waals surface area contributed by atoms with Crippen LogP contribution in [-0.4, -0.2) is 23.5 Å². The summed E-state index contributed by atoms with van der Waals surface area (Å²) >= 11 is 5.00. The molecule has 0 aromatic heterocycles. The summed E-state index contributed by atoms with van der Waals surface area (Å²) in [6.45, 7) is 5.58. The zero-order valence-electron chi connectivity index (χ0n) is 14.9. The summed E-state index contributed by atoms with van der Waals surface area (Å²) in [6.07, 6.45) is 0. The van der Waals surface area contributed by atoms with Crippen LogP contribution in [0.25, 0.3) is 0 Å². The Hall–Kier alpha value is -2.93. The van der Waals surface area contributed by atoms with Gasteiger partial charge in [-0.25, -0.2) is 0 Å². The highest BCUT2D eigenvalue weighted by Crippen LogP contribution is 2.21. The molecule has 0 atom stereocenters. The number of thiocarbonyl (C=S) groups is 1. The molecule has 0 saturated heterocycles. The molecule has 0 radical (unpaired) electrons. The minimum atomic E-state index is -0.417. The summed E-state index contributed by atoms with van der Waals surface area (Å²) in [7, 11) is 0. The Kier molecular flexibility index (Phi) is 6.68. The Balaban J connectivity index is 1.77. The lowest BCUT2D eigenvalue weighted by molar-refractivity contribution is -0.123. The maximum Gasteiger partial charge on any atom is 0.276 e. The Morgan fingerprint density at radius 3 is 2.19 bits per heavy atom. The molecule has 3 N–H and O–H groups in total. The van der Waals surface area contributed by atoms with Crippen molar-refractivity contribution in [3.8, 4) is 5.75 Å². The van der Waals surface area contributed by atoms with Crippen molar-refractivity contribution in [1.29, 1.82) is 0 Å². The van der Waals surface area contributed by atoms with Crippen LogP contribution in [0.15, 0.2) is 42.5 Å². The van der Waals surface area contributed by atoms with Crippen LogP contribution >= 0.6 is 12.2 Å². The molecule has 0 saturated carbocycles. The number of ether oxygens (including phenoxy) is 1. The molecule has 0 bridgehead atoms. The zero-order chi connectivity index (χ0) is 19.1. The van der Waals surface area contributed by atoms with Gasteiger partial charge < -0.3 is 4.74 Å². The fraction of sp³-hybridized carbons (Fsp3) is 0.211. The molecule has 26 heavy (non-hydrogen) atoms. The van der Waals surface area contributed by atoms with Crippen LogP contribution in [-0.2, 0) is 4.79 Å². The minimum absolute atomic E-state index is 0.00371. The van der Waals surface area contributed by atoms with Crippen molar-refractivity contribution in [2.45, 2.75) is 20.8 Å². The van der Waals surface area contributed by atoms with E-state index in [1.807, 2.05) is 51.1 Å². The number of carbonyl (C=O) groups is 2. The predicted molar refractivity (Wildman–Crippen MR) is 104 cm³/mol. The molecular formula is C19H21N3O3S. The number of para-hydroxylation sites is 1. The van der Waals surface area contributed by atoms with Gasteiger partial charge in [-0.3, -0.25) is 25.8 Å². The normalized spacial score (nSPS) is 9.96. The van der Waals surface area contributed by atoms with E-state index in [4.69, 9.17) is 17.0 Å². The number of hydrogen-bond donors (Lipinski definition) is 3. The lowest BCUT2D eigenvalue weighted by atomic mass is 10.1. The minimum Gasteiger partial charge on any atom is -0.483 e. The van der Waals surface area contributed by atoms with Crippen molar-refractivity contribution in [2.24, 2.45) is 0 Å². The average Bonchev–Trinajstić information content (AvgIpc) is 2.60. The molecule has 2 aromatic carbocycles. The van der Waals surface area contributed by atoms with Gasteiger partial charge in [0.25, 0.3) is 11.8 Å². The second-order valence-electron chi connectivity index (χ2n) is 5.83. The third-order valence-electron chi connectivity index (χ3n) is 3.61. The molecule has 0 fully saturated rings. The number of hydrazine groups is 1. The number of carbonyl (C=O) groups excluding carboxylic acids is 2. The van der Waals surface area contributed by atoms with E-state index in [1.54, 1.807) is 12.1 Å². The van der Waals surface area contributed by atoms with Crippen molar-refractivity contribution in [2.75, 3.05) is 6.61 Å². The Morgan fingerprint density at radius 2 is 1.58 bits per heavy atom. The fourth-order valence-electron chi connectivity index (χ4n) is 2.24. The summed E-state index contributed by atoms with van der Waals surface area (Å²) < 4.78 is 5.54. The number of amides is 2. The molecule has 0 aliphatic carbocycles. The first kappa shape index (κ1) is 19.4. The summed E-state index contributed by atoms with van der Waals surface area (Å²) in [4.78, 5) is 23.9. The van der Waals surface area contributed by atoms with Crippen molar-refractivity contribution in [3.63, 3.8) is 0 Å². The highest BCUT2D eigenvalue weighted by atomic mass is 32.1. The molecule has 6 nitrogen and oxygen atoms in total. The molecule has 0 heterocycles. The molecule has 136 valence electrons. The standard InChI is InChI=1S/C19H21N3O3S/c1-12-7-9-15(10-8-12)18(24)20-19(26)22-21-16(23)11-25-17-13(2)5-4-6-14(17)3/h4-10H,11H2,1-3H3,(H,21,23)(H2,20,22,24,26). The largest absolute Gasteiger partial charge is 0.483 e. The molecule has 0 spiro atoms. The van der Waals surface area contributed by atoms with Gasteiger partial charge in [0.2, 0.25) is 0 Å². The SMILES string of the molecule is Cc1ccc(C(=O)NC(=S)NNC(=O)COc2c(C)cccc2C)cc1. The van der Waals surface area contributed by atoms with Crippen LogP contribution < -0.4 is 20.9 Å². The Morgan fingerprint density at radius 1 is 0.962 bits per heavy atom. The topological polar surface area (TPSA) is 79.5 Å². The third kappa shape index (κ3) is 5.56. The third-order valence-corrected chi connectivity index (χ3v) is 3.82. The van der Waals surface area contributed by atoms with E-state index in [0.29, 0.717) is 11.3 Å². The maximum absolute atomic E-state index is 12.0. The van der Waals surface area contributed by atoms with E-state index in [9.17, 15) is 9.59 Å². The van der Waals surface area contributed by atoms with E-state index >= 15 is 0 Å². The van der Waals surface area contributed by atoms with Gasteiger partial charge >= 0.3 is 0 Å². The van der Waals surface area contributed by atoms with Gasteiger partial charge in [-0.1, -0.05) is 35.9 Å². The van der Waals surface area contributed by atoms with Gasteiger partial charge in [0.1, 0.15) is 5.75 Å². The van der Waals surface area contributed by atoms with E-state index in [0.717, 1.165) is 16.7 Å². The molecule has 2 amide bonds. The first-order chi connectivity index (χ1) is 12.4. The Bertz CT molecular complexity index is 799. The van der Waals surface area contributed by atoms with E-state index in [1.165, 1.54) is 0 Å². The van der Waals surface area contributed by atoms with Crippen molar-refractivity contribution < 1.29 is 14.3 Å². The number of benzene rings is 2. The highest BCUT2D eigenvalue weighted by molar-refractivity contribution is 7.80. The summed E-state index contributed by atoms with van der Waals surface area (Å²) in [6, 6.07) is 12.8. The van der Waals surface area contributed by atoms with Crippen LogP contribution in [0.1, 0.15) is 27.0 Å². The van der Waals surface area contributed by atoms with Gasteiger partial charge in [0.15, 0.2) is 11.7 Å². The average molecular weight is 371 g/mol. The zero-order valence-corrected chi connectivity index (χ0v) is 15.7. The summed E-state index contributed by atoms with van der Waals surface area (Å²) in [5, 5.41) is 2.49. The molecule has 7 heteroatoms. The second-order valence-corrected chi connectivity index (χ2v) is 6.24. The molecule has 2 aromatic rings. The van der Waals surface area contributed by atoms with Gasteiger partial charge in [0, 0.05) is 5.56 Å². The number of aryl methyl sites for hydroxylation is 3. The summed E-state index contributed by atoms with van der Waals surface area (Å²) in [5.41, 5.74) is 8.30. The monoisotopic (exact) mass is 371 g/mol. The van der Waals surface area contributed by atoms with Crippen LogP contribution in [0.2, 0.25) is 0 Å². The molecule has 0 aliphatic rings. The van der Waals surface area contributed by atoms with E-state index in [2.05, 4.69) is 16.2 Å². The fourth-order valence-corrected chi connectivity index (χ4v) is 2.38. The first-order valence-corrected chi connectivity index (χ1v) is 8.43. The highest BCUT2D eigenvalue weighted by Gasteiger charge is 2.10. The first-order valence-electron chi connectivity index (χ1n) is 8.02. The van der Waals surface area contributed by atoms with Gasteiger partial charge in [-0.2, -0.15) is 0 Å². The number of nitrogens with one attached hydrogen (secondary N) is 3. The maximum atomic E-state index is 12.0.